The maximum absolute atomic E-state index is 9.79. The Hall–Kier alpha value is -3.24. The van der Waals surface area contributed by atoms with Crippen molar-refractivity contribution in [2.45, 2.75) is 0 Å². The van der Waals surface area contributed by atoms with Gasteiger partial charge in [-0.3, -0.25) is 0 Å². The molecule has 0 amide bonds. The van der Waals surface area contributed by atoms with Crippen LogP contribution in [0.5, 0.6) is 0 Å². The van der Waals surface area contributed by atoms with Gasteiger partial charge in [0.1, 0.15) is 16.6 Å². The summed E-state index contributed by atoms with van der Waals surface area (Å²) in [7, 11) is 0. The fraction of sp³-hybridized carbons (Fsp3) is 0. The monoisotopic (exact) mass is 517 g/mol. The lowest BCUT2D eigenvalue weighted by Gasteiger charge is -1.99. The number of nitrogens with zero attached hydrogens (tertiary/aromatic N) is 3. The van der Waals surface area contributed by atoms with E-state index in [2.05, 4.69) is 32.1 Å². The maximum atomic E-state index is 9.79. The van der Waals surface area contributed by atoms with E-state index >= 15 is 0 Å². The van der Waals surface area contributed by atoms with Gasteiger partial charge in [-0.05, 0) is 60.2 Å². The van der Waals surface area contributed by atoms with Crippen molar-refractivity contribution in [2.24, 2.45) is 0 Å². The normalized spacial score (nSPS) is 11.6. The lowest BCUT2D eigenvalue weighted by Crippen LogP contribution is -1.83. The minimum atomic E-state index is 0.502. The van der Waals surface area contributed by atoms with Gasteiger partial charge < -0.3 is 4.52 Å². The highest BCUT2D eigenvalue weighted by Crippen LogP contribution is 2.32. The third kappa shape index (κ3) is 4.11. The summed E-state index contributed by atoms with van der Waals surface area (Å²) in [6.07, 6.45) is 1.84. The van der Waals surface area contributed by atoms with Crippen LogP contribution in [0.2, 0.25) is 5.02 Å². The zero-order valence-corrected chi connectivity index (χ0v) is 19.6. The number of rotatable bonds is 4. The first-order valence-corrected chi connectivity index (χ1v) is 11.6. The van der Waals surface area contributed by atoms with Crippen LogP contribution >= 0.6 is 38.9 Å². The number of hydrogen-bond acceptors (Lipinski definition) is 5. The standard InChI is InChI=1S/C25H13BrClN3OS/c26-19-6-2-16(3-7-19)23-14-32-25(29-23)18(13-28)11-15-1-10-22-21(12-15)24(31-30-22)17-4-8-20(27)9-5-17/h1-12,14H/b18-11+. The number of hydrogen-bond donors (Lipinski definition) is 0. The first kappa shape index (κ1) is 20.7. The van der Waals surface area contributed by atoms with E-state index in [0.29, 0.717) is 21.4 Å². The molecular weight excluding hydrogens is 506 g/mol. The fourth-order valence-electron chi connectivity index (χ4n) is 3.32. The average molecular weight is 519 g/mol. The second kappa shape index (κ2) is 8.71. The molecule has 2 aromatic heterocycles. The molecule has 0 aliphatic heterocycles. The Morgan fingerprint density at radius 1 is 1.03 bits per heavy atom. The third-order valence-electron chi connectivity index (χ3n) is 4.91. The molecule has 0 bridgehead atoms. The van der Waals surface area contributed by atoms with E-state index in [4.69, 9.17) is 16.1 Å². The minimum absolute atomic E-state index is 0.502. The van der Waals surface area contributed by atoms with Gasteiger partial charge in [0.25, 0.3) is 0 Å². The van der Waals surface area contributed by atoms with Gasteiger partial charge in [-0.1, -0.05) is 50.9 Å². The van der Waals surface area contributed by atoms with Crippen LogP contribution in [0.3, 0.4) is 0 Å². The van der Waals surface area contributed by atoms with Gasteiger partial charge in [0.2, 0.25) is 0 Å². The van der Waals surface area contributed by atoms with Gasteiger partial charge in [-0.15, -0.1) is 11.3 Å². The van der Waals surface area contributed by atoms with Crippen molar-refractivity contribution in [1.82, 2.24) is 10.1 Å². The van der Waals surface area contributed by atoms with Gasteiger partial charge in [0, 0.05) is 26.0 Å². The van der Waals surface area contributed by atoms with Crippen LogP contribution in [-0.2, 0) is 0 Å². The van der Waals surface area contributed by atoms with Gasteiger partial charge in [-0.25, -0.2) is 4.98 Å². The highest BCUT2D eigenvalue weighted by atomic mass is 79.9. The molecule has 0 spiro atoms. The van der Waals surface area contributed by atoms with Gasteiger partial charge >= 0.3 is 0 Å². The quantitative estimate of drug-likeness (QED) is 0.225. The van der Waals surface area contributed by atoms with Crippen LogP contribution in [-0.4, -0.2) is 10.1 Å². The summed E-state index contributed by atoms with van der Waals surface area (Å²) in [5.74, 6) is 0.664. The molecule has 4 nitrogen and oxygen atoms in total. The first-order chi connectivity index (χ1) is 15.6. The number of fused-ring (bicyclic) bond motifs is 1. The Kier molecular flexibility index (Phi) is 5.62. The molecule has 5 rings (SSSR count). The summed E-state index contributed by atoms with van der Waals surface area (Å²) in [5.41, 5.74) is 4.86. The molecule has 0 unspecified atom stereocenters. The summed E-state index contributed by atoms with van der Waals surface area (Å²) in [4.78, 5) is 4.67. The lowest BCUT2D eigenvalue weighted by atomic mass is 10.0. The molecule has 0 N–H and O–H groups in total. The molecule has 0 radical (unpaired) electrons. The van der Waals surface area contributed by atoms with Crippen LogP contribution in [0, 0.1) is 11.3 Å². The van der Waals surface area contributed by atoms with Gasteiger partial charge in [0.15, 0.2) is 5.76 Å². The summed E-state index contributed by atoms with van der Waals surface area (Å²) in [5, 5.41) is 18.1. The predicted octanol–water partition coefficient (Wildman–Crippen LogP) is 8.10. The zero-order valence-electron chi connectivity index (χ0n) is 16.4. The first-order valence-electron chi connectivity index (χ1n) is 9.60. The highest BCUT2D eigenvalue weighted by Gasteiger charge is 2.13. The Morgan fingerprint density at radius 3 is 2.53 bits per heavy atom. The van der Waals surface area contributed by atoms with Crippen molar-refractivity contribution in [3.63, 3.8) is 0 Å². The summed E-state index contributed by atoms with van der Waals surface area (Å²) < 4.78 is 6.59. The second-order valence-corrected chi connectivity index (χ2v) is 9.22. The molecule has 0 saturated carbocycles. The van der Waals surface area contributed by atoms with E-state index in [9.17, 15) is 5.26 Å². The molecule has 0 aliphatic rings. The Balaban J connectivity index is 1.51. The Morgan fingerprint density at radius 2 is 1.78 bits per heavy atom. The molecule has 2 heterocycles. The fourth-order valence-corrected chi connectivity index (χ4v) is 4.50. The molecular formula is C25H13BrClN3OS. The van der Waals surface area contributed by atoms with Gasteiger partial charge in [0.05, 0.1) is 16.7 Å². The van der Waals surface area contributed by atoms with E-state index in [1.807, 2.05) is 78.2 Å². The summed E-state index contributed by atoms with van der Waals surface area (Å²) in [6.45, 7) is 0. The van der Waals surface area contributed by atoms with E-state index in [1.54, 1.807) is 0 Å². The molecule has 32 heavy (non-hydrogen) atoms. The molecule has 0 fully saturated rings. The Bertz CT molecular complexity index is 1500. The van der Waals surface area contributed by atoms with Crippen LogP contribution in [0.15, 0.2) is 81.1 Å². The average Bonchev–Trinajstić information content (AvgIpc) is 3.46. The number of nitriles is 1. The summed E-state index contributed by atoms with van der Waals surface area (Å²) in [6, 6.07) is 23.4. The van der Waals surface area contributed by atoms with E-state index in [-0.39, 0.29) is 0 Å². The number of aromatic nitrogens is 2. The molecule has 5 aromatic rings. The zero-order chi connectivity index (χ0) is 22.1. The maximum Gasteiger partial charge on any atom is 0.174 e. The smallest absolute Gasteiger partial charge is 0.174 e. The van der Waals surface area contributed by atoms with Crippen molar-refractivity contribution in [1.29, 1.82) is 5.26 Å². The second-order valence-electron chi connectivity index (χ2n) is 7.01. The number of allylic oxidation sites excluding steroid dienone is 1. The molecule has 0 atom stereocenters. The molecule has 0 aliphatic carbocycles. The highest BCUT2D eigenvalue weighted by molar-refractivity contribution is 9.10. The van der Waals surface area contributed by atoms with Gasteiger partial charge in [-0.2, -0.15) is 5.26 Å². The molecule has 154 valence electrons. The topological polar surface area (TPSA) is 62.7 Å². The van der Waals surface area contributed by atoms with Crippen molar-refractivity contribution < 1.29 is 4.52 Å². The van der Waals surface area contributed by atoms with Crippen molar-refractivity contribution >= 4 is 61.4 Å². The largest absolute Gasteiger partial charge is 0.355 e. The lowest BCUT2D eigenvalue weighted by molar-refractivity contribution is 0.441. The SMILES string of the molecule is N#C/C(=C\c1ccc2noc(-c3ccc(Cl)cc3)c2c1)c1nc(-c2ccc(Br)cc2)cs1. The van der Waals surface area contributed by atoms with E-state index in [1.165, 1.54) is 11.3 Å². The number of thiazole rings is 1. The minimum Gasteiger partial charge on any atom is -0.355 e. The predicted molar refractivity (Wildman–Crippen MR) is 133 cm³/mol. The van der Waals surface area contributed by atoms with Crippen LogP contribution in [0.1, 0.15) is 10.6 Å². The van der Waals surface area contributed by atoms with Crippen molar-refractivity contribution in [2.75, 3.05) is 0 Å². The summed E-state index contributed by atoms with van der Waals surface area (Å²) >= 11 is 10.9. The molecule has 7 heteroatoms. The number of benzene rings is 3. The van der Waals surface area contributed by atoms with E-state index in [0.717, 1.165) is 37.8 Å². The molecule has 3 aromatic carbocycles. The van der Waals surface area contributed by atoms with Crippen molar-refractivity contribution in [3.8, 4) is 28.7 Å². The van der Waals surface area contributed by atoms with Crippen molar-refractivity contribution in [3.05, 3.63) is 92.2 Å². The van der Waals surface area contributed by atoms with Crippen LogP contribution in [0.25, 0.3) is 45.1 Å². The van der Waals surface area contributed by atoms with Crippen LogP contribution < -0.4 is 0 Å². The molecule has 0 saturated heterocycles. The third-order valence-corrected chi connectivity index (χ3v) is 6.57. The Labute approximate surface area is 201 Å². The number of halogens is 2. The van der Waals surface area contributed by atoms with E-state index < -0.39 is 0 Å². The van der Waals surface area contributed by atoms with Crippen LogP contribution in [0.4, 0.5) is 0 Å².